The van der Waals surface area contributed by atoms with Gasteiger partial charge in [0.2, 0.25) is 0 Å². The summed E-state index contributed by atoms with van der Waals surface area (Å²) in [6.45, 7) is 6.49. The lowest BCUT2D eigenvalue weighted by Gasteiger charge is -2.34. The second-order valence-electron chi connectivity index (χ2n) is 4.48. The van der Waals surface area contributed by atoms with Gasteiger partial charge >= 0.3 is 0 Å². The van der Waals surface area contributed by atoms with E-state index >= 15 is 0 Å². The van der Waals surface area contributed by atoms with Crippen LogP contribution in [-0.2, 0) is 6.42 Å². The highest BCUT2D eigenvalue weighted by molar-refractivity contribution is 5.43. The molecule has 0 bridgehead atoms. The van der Waals surface area contributed by atoms with Crippen LogP contribution in [-0.4, -0.2) is 23.1 Å². The summed E-state index contributed by atoms with van der Waals surface area (Å²) in [6, 6.07) is 6.35. The molecule has 1 N–H and O–H groups in total. The summed E-state index contributed by atoms with van der Waals surface area (Å²) in [4.78, 5) is 2.44. The summed E-state index contributed by atoms with van der Waals surface area (Å²) in [6.07, 6.45) is 3.52. The van der Waals surface area contributed by atoms with Crippen molar-refractivity contribution in [3.05, 3.63) is 29.3 Å². The first kappa shape index (κ1) is 11.5. The fourth-order valence-electron chi connectivity index (χ4n) is 2.86. The largest absolute Gasteiger partial charge is 0.508 e. The third kappa shape index (κ3) is 1.94. The van der Waals surface area contributed by atoms with Crippen LogP contribution in [0.5, 0.6) is 5.75 Å². The number of rotatable bonds is 3. The van der Waals surface area contributed by atoms with Crippen molar-refractivity contribution in [2.24, 2.45) is 0 Å². The molecule has 0 spiro atoms. The molecule has 0 saturated carbocycles. The van der Waals surface area contributed by atoms with E-state index in [1.807, 2.05) is 12.1 Å². The van der Waals surface area contributed by atoms with Gasteiger partial charge in [-0.2, -0.15) is 0 Å². The normalized spacial score (nSPS) is 19.8. The highest BCUT2D eigenvalue weighted by Crippen LogP contribution is 2.39. The van der Waals surface area contributed by atoms with Crippen LogP contribution in [0, 0.1) is 0 Å². The van der Waals surface area contributed by atoms with Crippen molar-refractivity contribution in [3.63, 3.8) is 0 Å². The lowest BCUT2D eigenvalue weighted by molar-refractivity contribution is 0.194. The maximum absolute atomic E-state index is 10.0. The van der Waals surface area contributed by atoms with E-state index in [0.29, 0.717) is 11.8 Å². The van der Waals surface area contributed by atoms with E-state index < -0.39 is 0 Å². The molecule has 0 heterocycles. The summed E-state index contributed by atoms with van der Waals surface area (Å²) in [5, 5.41) is 10.0. The number of aryl methyl sites for hydroxylation is 1. The smallest absolute Gasteiger partial charge is 0.120 e. The van der Waals surface area contributed by atoms with Crippen LogP contribution < -0.4 is 0 Å². The first-order valence-corrected chi connectivity index (χ1v) is 6.32. The fourth-order valence-corrected chi connectivity index (χ4v) is 2.86. The van der Waals surface area contributed by atoms with Crippen LogP contribution in [0.25, 0.3) is 0 Å². The second kappa shape index (κ2) is 4.88. The SMILES string of the molecule is CCN(CC)C1CCCc2cccc(O)c21. The molecule has 0 aliphatic heterocycles. The summed E-state index contributed by atoms with van der Waals surface area (Å²) >= 11 is 0. The van der Waals surface area contributed by atoms with Gasteiger partial charge in [0.15, 0.2) is 0 Å². The minimum absolute atomic E-state index is 0.417. The molecule has 1 unspecified atom stereocenters. The molecule has 0 fully saturated rings. The Balaban J connectivity index is 2.38. The van der Waals surface area contributed by atoms with Crippen molar-refractivity contribution in [2.45, 2.75) is 39.2 Å². The molecular formula is C14H21NO. The summed E-state index contributed by atoms with van der Waals surface area (Å²) in [5.41, 5.74) is 2.51. The Hall–Kier alpha value is -1.02. The molecule has 0 saturated heterocycles. The number of nitrogens with zero attached hydrogens (tertiary/aromatic N) is 1. The van der Waals surface area contributed by atoms with Gasteiger partial charge in [0, 0.05) is 11.6 Å². The Bertz CT molecular complexity index is 358. The zero-order valence-electron chi connectivity index (χ0n) is 10.2. The van der Waals surface area contributed by atoms with E-state index in [2.05, 4.69) is 24.8 Å². The van der Waals surface area contributed by atoms with Crippen LogP contribution in [0.2, 0.25) is 0 Å². The van der Waals surface area contributed by atoms with Crippen LogP contribution in [0.1, 0.15) is 43.9 Å². The molecule has 0 amide bonds. The van der Waals surface area contributed by atoms with Gasteiger partial charge < -0.3 is 5.11 Å². The number of aromatic hydroxyl groups is 1. The average molecular weight is 219 g/mol. The zero-order valence-corrected chi connectivity index (χ0v) is 10.2. The summed E-state index contributed by atoms with van der Waals surface area (Å²) < 4.78 is 0. The predicted octanol–water partition coefficient (Wildman–Crippen LogP) is 3.11. The van der Waals surface area contributed by atoms with E-state index in [0.717, 1.165) is 19.5 Å². The minimum Gasteiger partial charge on any atom is -0.508 e. The maximum atomic E-state index is 10.0. The van der Waals surface area contributed by atoms with Crippen LogP contribution in [0.3, 0.4) is 0 Å². The predicted molar refractivity (Wildman–Crippen MR) is 66.7 cm³/mol. The maximum Gasteiger partial charge on any atom is 0.120 e. The van der Waals surface area contributed by atoms with Crippen LogP contribution in [0.4, 0.5) is 0 Å². The van der Waals surface area contributed by atoms with Gasteiger partial charge in [0.25, 0.3) is 0 Å². The van der Waals surface area contributed by atoms with E-state index in [1.54, 1.807) is 0 Å². The summed E-state index contributed by atoms with van der Waals surface area (Å²) in [5.74, 6) is 0.481. The third-order valence-corrected chi connectivity index (χ3v) is 3.68. The van der Waals surface area contributed by atoms with E-state index in [1.165, 1.54) is 24.0 Å². The van der Waals surface area contributed by atoms with E-state index in [9.17, 15) is 5.11 Å². The third-order valence-electron chi connectivity index (χ3n) is 3.68. The van der Waals surface area contributed by atoms with Crippen LogP contribution >= 0.6 is 0 Å². The van der Waals surface area contributed by atoms with Gasteiger partial charge in [-0.1, -0.05) is 26.0 Å². The molecule has 1 aromatic carbocycles. The van der Waals surface area contributed by atoms with Gasteiger partial charge in [-0.15, -0.1) is 0 Å². The Kier molecular flexibility index (Phi) is 3.49. The minimum atomic E-state index is 0.417. The van der Waals surface area contributed by atoms with Crippen molar-refractivity contribution in [2.75, 3.05) is 13.1 Å². The van der Waals surface area contributed by atoms with Gasteiger partial charge in [0.1, 0.15) is 5.75 Å². The number of phenols is 1. The zero-order chi connectivity index (χ0) is 11.5. The number of benzene rings is 1. The molecule has 16 heavy (non-hydrogen) atoms. The molecule has 1 atom stereocenters. The van der Waals surface area contributed by atoms with Gasteiger partial charge in [-0.3, -0.25) is 4.90 Å². The molecule has 0 aromatic heterocycles. The van der Waals surface area contributed by atoms with Crippen molar-refractivity contribution in [3.8, 4) is 5.75 Å². The van der Waals surface area contributed by atoms with Gasteiger partial charge in [-0.25, -0.2) is 0 Å². The van der Waals surface area contributed by atoms with Crippen molar-refractivity contribution in [1.29, 1.82) is 0 Å². The first-order valence-electron chi connectivity index (χ1n) is 6.32. The topological polar surface area (TPSA) is 23.5 Å². The number of hydrogen-bond acceptors (Lipinski definition) is 2. The Morgan fingerprint density at radius 3 is 2.75 bits per heavy atom. The first-order chi connectivity index (χ1) is 7.77. The fraction of sp³-hybridized carbons (Fsp3) is 0.571. The Labute approximate surface area is 97.9 Å². The van der Waals surface area contributed by atoms with E-state index in [-0.39, 0.29) is 0 Å². The van der Waals surface area contributed by atoms with Crippen molar-refractivity contribution >= 4 is 0 Å². The molecule has 1 aliphatic rings. The number of hydrogen-bond donors (Lipinski definition) is 1. The molecule has 2 nitrogen and oxygen atoms in total. The molecule has 1 aromatic rings. The van der Waals surface area contributed by atoms with E-state index in [4.69, 9.17) is 0 Å². The van der Waals surface area contributed by atoms with Gasteiger partial charge in [-0.05, 0) is 44.0 Å². The number of fused-ring (bicyclic) bond motifs is 1. The standard InChI is InChI=1S/C14H21NO/c1-3-15(4-2)12-9-5-7-11-8-6-10-13(16)14(11)12/h6,8,10,12,16H,3-5,7,9H2,1-2H3. The molecular weight excluding hydrogens is 198 g/mol. The Morgan fingerprint density at radius 1 is 1.31 bits per heavy atom. The molecule has 1 aliphatic carbocycles. The van der Waals surface area contributed by atoms with Crippen molar-refractivity contribution < 1.29 is 5.11 Å². The number of phenolic OH excluding ortho intramolecular Hbond substituents is 1. The average Bonchev–Trinajstić information content (AvgIpc) is 2.31. The van der Waals surface area contributed by atoms with Gasteiger partial charge in [0.05, 0.1) is 0 Å². The molecule has 88 valence electrons. The second-order valence-corrected chi connectivity index (χ2v) is 4.48. The van der Waals surface area contributed by atoms with Crippen molar-refractivity contribution in [1.82, 2.24) is 4.90 Å². The summed E-state index contributed by atoms with van der Waals surface area (Å²) in [7, 11) is 0. The Morgan fingerprint density at radius 2 is 2.06 bits per heavy atom. The lowest BCUT2D eigenvalue weighted by atomic mass is 9.86. The highest BCUT2D eigenvalue weighted by Gasteiger charge is 2.26. The quantitative estimate of drug-likeness (QED) is 0.844. The van der Waals surface area contributed by atoms with Crippen LogP contribution in [0.15, 0.2) is 18.2 Å². The molecule has 0 radical (unpaired) electrons. The lowest BCUT2D eigenvalue weighted by Crippen LogP contribution is -2.31. The molecule has 2 heteroatoms. The monoisotopic (exact) mass is 219 g/mol. The highest BCUT2D eigenvalue weighted by atomic mass is 16.3. The molecule has 2 rings (SSSR count).